The molecule has 0 radical (unpaired) electrons. The highest BCUT2D eigenvalue weighted by Gasteiger charge is 2.41. The second-order valence-corrected chi connectivity index (χ2v) is 11.1. The average Bonchev–Trinajstić information content (AvgIpc) is 3.32. The summed E-state index contributed by atoms with van der Waals surface area (Å²) < 4.78 is 39.8. The molecule has 1 amide bonds. The molecule has 0 aromatic heterocycles. The van der Waals surface area contributed by atoms with E-state index in [0.717, 1.165) is 36.9 Å². The summed E-state index contributed by atoms with van der Waals surface area (Å²) in [5.74, 6) is -1.56. The summed E-state index contributed by atoms with van der Waals surface area (Å²) in [5, 5.41) is 19.9. The van der Waals surface area contributed by atoms with Crippen LogP contribution in [0.3, 0.4) is 0 Å². The number of nitriles is 1. The van der Waals surface area contributed by atoms with E-state index in [-0.39, 0.29) is 35.6 Å². The first-order chi connectivity index (χ1) is 19.0. The maximum atomic E-state index is 15.1. The zero-order valence-corrected chi connectivity index (χ0v) is 23.0. The molecule has 2 aromatic rings. The lowest BCUT2D eigenvalue weighted by molar-refractivity contribution is -0.145. The number of piperidine rings is 1. The smallest absolute Gasteiger partial charge is 0.328 e. The monoisotopic (exact) mass is 555 g/mol. The number of β-amino-alcohol motifs (C(OH)–C–C–N with tert-alkyl or cyclic N) is 1. The molecule has 2 fully saturated rings. The first-order valence-corrected chi connectivity index (χ1v) is 13.4. The highest BCUT2D eigenvalue weighted by atomic mass is 19.1. The number of aliphatic hydroxyl groups is 1. The van der Waals surface area contributed by atoms with Crippen LogP contribution >= 0.6 is 0 Å². The largest absolute Gasteiger partial charge is 0.492 e. The summed E-state index contributed by atoms with van der Waals surface area (Å²) >= 11 is 0. The number of amides is 1. The van der Waals surface area contributed by atoms with Gasteiger partial charge in [0.05, 0.1) is 30.9 Å². The molecule has 0 unspecified atom stereocenters. The molecule has 8 nitrogen and oxygen atoms in total. The standard InChI is InChI=1S/C30H35F2N3O5/c1-30(2,32)18-34-11-9-19(10-12-34)17-40-26-8-7-20(13-21(26)15-33)23-5-4-6-24(31)27(23)28(37)35-16-22(36)14-25(35)29(38)39-3/h4-8,13,19,22,25,36H,9-12,14,16-18H2,1-3H3/t22-,25+/m1/s1. The summed E-state index contributed by atoms with van der Waals surface area (Å²) in [6.07, 6.45) is 0.790. The molecule has 0 saturated carbocycles. The molecule has 40 heavy (non-hydrogen) atoms. The van der Waals surface area contributed by atoms with E-state index in [9.17, 15) is 24.3 Å². The van der Waals surface area contributed by atoms with Gasteiger partial charge in [-0.2, -0.15) is 5.26 Å². The quantitative estimate of drug-likeness (QED) is 0.492. The number of aliphatic hydroxyl groups excluding tert-OH is 1. The first kappa shape index (κ1) is 29.4. The number of alkyl halides is 1. The topological polar surface area (TPSA) is 103 Å². The van der Waals surface area contributed by atoms with Crippen molar-refractivity contribution in [3.63, 3.8) is 0 Å². The lowest BCUT2D eigenvalue weighted by atomic mass is 9.96. The van der Waals surface area contributed by atoms with Crippen LogP contribution in [0.1, 0.15) is 49.0 Å². The van der Waals surface area contributed by atoms with E-state index in [2.05, 4.69) is 11.0 Å². The molecule has 214 valence electrons. The Morgan fingerprint density at radius 1 is 1.20 bits per heavy atom. The molecule has 0 spiro atoms. The second-order valence-electron chi connectivity index (χ2n) is 11.1. The van der Waals surface area contributed by atoms with Crippen LogP contribution in [0.15, 0.2) is 36.4 Å². The van der Waals surface area contributed by atoms with Crippen LogP contribution in [-0.2, 0) is 9.53 Å². The summed E-state index contributed by atoms with van der Waals surface area (Å²) in [6, 6.07) is 10.1. The second kappa shape index (κ2) is 12.3. The molecule has 10 heteroatoms. The van der Waals surface area contributed by atoms with E-state index in [1.807, 2.05) is 0 Å². The van der Waals surface area contributed by atoms with Crippen LogP contribution in [-0.4, -0.2) is 84.5 Å². The van der Waals surface area contributed by atoms with E-state index >= 15 is 4.39 Å². The summed E-state index contributed by atoms with van der Waals surface area (Å²) in [5.41, 5.74) is -0.575. The zero-order chi connectivity index (χ0) is 29.0. The summed E-state index contributed by atoms with van der Waals surface area (Å²) in [4.78, 5) is 29.0. The minimum absolute atomic E-state index is 0.000320. The van der Waals surface area contributed by atoms with Crippen molar-refractivity contribution in [2.45, 2.75) is 50.9 Å². The number of carbonyl (C=O) groups is 2. The van der Waals surface area contributed by atoms with Crippen molar-refractivity contribution in [1.82, 2.24) is 9.80 Å². The van der Waals surface area contributed by atoms with Crippen molar-refractivity contribution in [3.05, 3.63) is 53.3 Å². The van der Waals surface area contributed by atoms with Crippen LogP contribution < -0.4 is 4.74 Å². The highest BCUT2D eigenvalue weighted by Crippen LogP contribution is 2.33. The minimum atomic E-state index is -1.24. The molecule has 0 aliphatic carbocycles. The van der Waals surface area contributed by atoms with Gasteiger partial charge in [-0.05, 0) is 75.0 Å². The van der Waals surface area contributed by atoms with E-state index in [0.29, 0.717) is 24.5 Å². The number of nitrogens with zero attached hydrogens (tertiary/aromatic N) is 3. The Morgan fingerprint density at radius 2 is 1.93 bits per heavy atom. The van der Waals surface area contributed by atoms with Gasteiger partial charge in [-0.3, -0.25) is 4.79 Å². The van der Waals surface area contributed by atoms with Gasteiger partial charge in [0.15, 0.2) is 0 Å². The third kappa shape index (κ3) is 6.77. The van der Waals surface area contributed by atoms with E-state index in [1.54, 1.807) is 38.1 Å². The van der Waals surface area contributed by atoms with E-state index < -0.39 is 35.5 Å². The van der Waals surface area contributed by atoms with Crippen LogP contribution in [0.2, 0.25) is 0 Å². The van der Waals surface area contributed by atoms with Gasteiger partial charge in [0.1, 0.15) is 29.3 Å². The molecular formula is C30H35F2N3O5. The number of rotatable bonds is 8. The molecule has 2 aromatic carbocycles. The fraction of sp³-hybridized carbons (Fsp3) is 0.500. The maximum absolute atomic E-state index is 15.1. The molecular weight excluding hydrogens is 520 g/mol. The van der Waals surface area contributed by atoms with Crippen molar-refractivity contribution >= 4 is 11.9 Å². The number of likely N-dealkylation sites (tertiary alicyclic amines) is 2. The molecule has 2 aliphatic heterocycles. The summed E-state index contributed by atoms with van der Waals surface area (Å²) in [6.45, 7) is 5.40. The van der Waals surface area contributed by atoms with Crippen molar-refractivity contribution < 1.29 is 33.0 Å². The lowest BCUT2D eigenvalue weighted by Crippen LogP contribution is -2.41. The molecule has 4 rings (SSSR count). The Balaban J connectivity index is 1.51. The van der Waals surface area contributed by atoms with Gasteiger partial charge in [0.2, 0.25) is 0 Å². The number of carbonyl (C=O) groups excluding carboxylic acids is 2. The van der Waals surface area contributed by atoms with Crippen molar-refractivity contribution in [3.8, 4) is 22.9 Å². The Hall–Kier alpha value is -3.55. The van der Waals surface area contributed by atoms with Crippen molar-refractivity contribution in [2.75, 3.05) is 39.9 Å². The van der Waals surface area contributed by atoms with Crippen LogP contribution in [0.25, 0.3) is 11.1 Å². The molecule has 0 bridgehead atoms. The van der Waals surface area contributed by atoms with E-state index in [1.165, 1.54) is 13.2 Å². The predicted molar refractivity (Wildman–Crippen MR) is 144 cm³/mol. The van der Waals surface area contributed by atoms with E-state index in [4.69, 9.17) is 9.47 Å². The van der Waals surface area contributed by atoms with Gasteiger partial charge in [-0.25, -0.2) is 13.6 Å². The minimum Gasteiger partial charge on any atom is -0.492 e. The van der Waals surface area contributed by atoms with Crippen molar-refractivity contribution in [1.29, 1.82) is 5.26 Å². The normalized spacial score (nSPS) is 20.3. The molecule has 1 N–H and O–H groups in total. The SMILES string of the molecule is COC(=O)[C@@H]1C[C@@H](O)CN1C(=O)c1c(F)cccc1-c1ccc(OCC2CCN(CC(C)(C)F)CC2)c(C#N)c1. The number of esters is 1. The third-order valence-corrected chi connectivity index (χ3v) is 7.43. The Morgan fingerprint density at radius 3 is 2.58 bits per heavy atom. The van der Waals surface area contributed by atoms with Crippen LogP contribution in [0.5, 0.6) is 5.75 Å². The zero-order valence-electron chi connectivity index (χ0n) is 23.0. The fourth-order valence-corrected chi connectivity index (χ4v) is 5.48. The molecule has 2 atom stereocenters. The predicted octanol–water partition coefficient (Wildman–Crippen LogP) is 3.95. The van der Waals surface area contributed by atoms with Crippen LogP contribution in [0, 0.1) is 23.1 Å². The number of benzene rings is 2. The fourth-order valence-electron chi connectivity index (χ4n) is 5.48. The maximum Gasteiger partial charge on any atom is 0.328 e. The Labute approximate surface area is 233 Å². The van der Waals surface area contributed by atoms with Gasteiger partial charge in [0.25, 0.3) is 5.91 Å². The number of hydrogen-bond donors (Lipinski definition) is 1. The number of halogens is 2. The van der Waals surface area contributed by atoms with Crippen LogP contribution in [0.4, 0.5) is 8.78 Å². The summed E-state index contributed by atoms with van der Waals surface area (Å²) in [7, 11) is 1.19. The number of ether oxygens (including phenoxy) is 2. The molecule has 2 heterocycles. The Kier molecular flexibility index (Phi) is 9.06. The highest BCUT2D eigenvalue weighted by molar-refractivity contribution is 6.03. The third-order valence-electron chi connectivity index (χ3n) is 7.43. The average molecular weight is 556 g/mol. The van der Waals surface area contributed by atoms with Gasteiger partial charge >= 0.3 is 5.97 Å². The molecule has 2 aliphatic rings. The number of hydrogen-bond acceptors (Lipinski definition) is 7. The van der Waals surface area contributed by atoms with Gasteiger partial charge < -0.3 is 24.4 Å². The van der Waals surface area contributed by atoms with Gasteiger partial charge in [-0.1, -0.05) is 18.2 Å². The molecule has 2 saturated heterocycles. The lowest BCUT2D eigenvalue weighted by Gasteiger charge is -2.34. The van der Waals surface area contributed by atoms with Gasteiger partial charge in [-0.15, -0.1) is 0 Å². The number of methoxy groups -OCH3 is 1. The Bertz CT molecular complexity index is 1280. The van der Waals surface area contributed by atoms with Gasteiger partial charge in [0, 0.05) is 19.5 Å². The van der Waals surface area contributed by atoms with Crippen molar-refractivity contribution in [2.24, 2.45) is 5.92 Å². The first-order valence-electron chi connectivity index (χ1n) is 13.4.